The molecule has 0 aliphatic heterocycles. The van der Waals surface area contributed by atoms with Crippen LogP contribution in [-0.4, -0.2) is 11.8 Å². The Morgan fingerprint density at radius 2 is 2.05 bits per heavy atom. The molecule has 1 fully saturated rings. The molecular formula is C16H19NOS. The molecule has 0 amide bonds. The van der Waals surface area contributed by atoms with Crippen molar-refractivity contribution in [3.63, 3.8) is 0 Å². The predicted molar refractivity (Wildman–Crippen MR) is 80.5 cm³/mol. The van der Waals surface area contributed by atoms with E-state index in [4.69, 9.17) is 5.73 Å². The number of fused-ring (bicyclic) bond motifs is 1. The third-order valence-corrected chi connectivity index (χ3v) is 5.17. The second-order valence-corrected chi connectivity index (χ2v) is 6.37. The lowest BCUT2D eigenvalue weighted by molar-refractivity contribution is -0.123. The molecule has 0 spiro atoms. The summed E-state index contributed by atoms with van der Waals surface area (Å²) in [5.41, 5.74) is 7.27. The lowest BCUT2D eigenvalue weighted by Gasteiger charge is -2.27. The van der Waals surface area contributed by atoms with Crippen molar-refractivity contribution in [1.29, 1.82) is 0 Å². The molecule has 0 saturated heterocycles. The number of thiophene rings is 1. The molecule has 3 heteroatoms. The smallest absolute Gasteiger partial charge is 0.141 e. The monoisotopic (exact) mass is 273 g/mol. The van der Waals surface area contributed by atoms with Crippen LogP contribution in [0.2, 0.25) is 0 Å². The molecule has 2 N–H and O–H groups in total. The Bertz CT molecular complexity index is 589. The van der Waals surface area contributed by atoms with Gasteiger partial charge in [-0.1, -0.05) is 31.0 Å². The first kappa shape index (κ1) is 12.8. The molecule has 19 heavy (non-hydrogen) atoms. The number of nitrogens with two attached hydrogens (primary N) is 1. The molecule has 1 heterocycles. The van der Waals surface area contributed by atoms with E-state index in [2.05, 4.69) is 17.5 Å². The van der Waals surface area contributed by atoms with Gasteiger partial charge in [-0.25, -0.2) is 0 Å². The van der Waals surface area contributed by atoms with Gasteiger partial charge in [-0.2, -0.15) is 0 Å². The molecule has 1 aromatic heterocycles. The fraction of sp³-hybridized carbons (Fsp3) is 0.438. The summed E-state index contributed by atoms with van der Waals surface area (Å²) in [6.07, 6.45) is 4.84. The van der Waals surface area contributed by atoms with E-state index in [1.54, 1.807) is 11.3 Å². The van der Waals surface area contributed by atoms with Gasteiger partial charge in [0.15, 0.2) is 0 Å². The van der Waals surface area contributed by atoms with Crippen LogP contribution in [0.5, 0.6) is 0 Å². The molecule has 1 saturated carbocycles. The van der Waals surface area contributed by atoms with E-state index < -0.39 is 0 Å². The largest absolute Gasteiger partial charge is 0.327 e. The average Bonchev–Trinajstić information content (AvgIpc) is 2.83. The highest BCUT2D eigenvalue weighted by molar-refractivity contribution is 7.17. The number of Topliss-reactive ketones (excluding diaryl/α,β-unsaturated/α-hetero) is 1. The fourth-order valence-electron chi connectivity index (χ4n) is 3.05. The maximum atomic E-state index is 12.4. The summed E-state index contributed by atoms with van der Waals surface area (Å²) in [7, 11) is 0. The number of ketones is 1. The summed E-state index contributed by atoms with van der Waals surface area (Å²) in [5.74, 6) is 0.406. The standard InChI is InChI=1S/C16H19NOS/c17-14-7-3-1-6-13(14)15(18)9-11-10-19-16-8-4-2-5-12(11)16/h2,4-5,8,10,13-14H,1,3,6-7,9,17H2. The quantitative estimate of drug-likeness (QED) is 0.929. The summed E-state index contributed by atoms with van der Waals surface area (Å²) in [6, 6.07) is 8.37. The molecule has 1 aliphatic rings. The molecule has 0 radical (unpaired) electrons. The van der Waals surface area contributed by atoms with E-state index in [0.717, 1.165) is 19.3 Å². The fourth-order valence-corrected chi connectivity index (χ4v) is 4.01. The van der Waals surface area contributed by atoms with Gasteiger partial charge in [-0.05, 0) is 35.2 Å². The molecule has 2 atom stereocenters. The van der Waals surface area contributed by atoms with Crippen LogP contribution in [0, 0.1) is 5.92 Å². The number of carbonyl (C=O) groups excluding carboxylic acids is 1. The maximum Gasteiger partial charge on any atom is 0.141 e. The van der Waals surface area contributed by atoms with Gasteiger partial charge in [0.05, 0.1) is 0 Å². The lowest BCUT2D eigenvalue weighted by Crippen LogP contribution is -2.38. The zero-order valence-corrected chi connectivity index (χ0v) is 11.8. The molecule has 2 aromatic rings. The van der Waals surface area contributed by atoms with Crippen molar-refractivity contribution in [2.24, 2.45) is 11.7 Å². The van der Waals surface area contributed by atoms with Crippen molar-refractivity contribution in [2.45, 2.75) is 38.1 Å². The Morgan fingerprint density at radius 1 is 1.26 bits per heavy atom. The summed E-state index contributed by atoms with van der Waals surface area (Å²) in [5, 5.41) is 3.35. The van der Waals surface area contributed by atoms with E-state index in [1.807, 2.05) is 12.1 Å². The second kappa shape index (κ2) is 5.43. The molecule has 3 rings (SSSR count). The van der Waals surface area contributed by atoms with E-state index >= 15 is 0 Å². The van der Waals surface area contributed by atoms with E-state index in [9.17, 15) is 4.79 Å². The maximum absolute atomic E-state index is 12.4. The van der Waals surface area contributed by atoms with Gasteiger partial charge < -0.3 is 5.73 Å². The van der Waals surface area contributed by atoms with E-state index in [0.29, 0.717) is 12.2 Å². The highest BCUT2D eigenvalue weighted by atomic mass is 32.1. The van der Waals surface area contributed by atoms with Crippen LogP contribution >= 0.6 is 11.3 Å². The number of benzene rings is 1. The lowest BCUT2D eigenvalue weighted by atomic mass is 9.81. The third kappa shape index (κ3) is 2.58. The Hall–Kier alpha value is -1.19. The highest BCUT2D eigenvalue weighted by Gasteiger charge is 2.28. The summed E-state index contributed by atoms with van der Waals surface area (Å²) < 4.78 is 1.26. The molecule has 1 aliphatic carbocycles. The topological polar surface area (TPSA) is 43.1 Å². The second-order valence-electron chi connectivity index (χ2n) is 5.45. The minimum atomic E-state index is 0.0751. The number of hydrogen-bond donors (Lipinski definition) is 1. The Morgan fingerprint density at radius 3 is 2.89 bits per heavy atom. The first-order valence-electron chi connectivity index (χ1n) is 6.99. The summed E-state index contributed by atoms with van der Waals surface area (Å²) in [4.78, 5) is 12.4. The SMILES string of the molecule is NC1CCCCC1C(=O)Cc1csc2ccccc12. The van der Waals surface area contributed by atoms with Gasteiger partial charge in [0.25, 0.3) is 0 Å². The minimum absolute atomic E-state index is 0.0751. The predicted octanol–water partition coefficient (Wildman–Crippen LogP) is 3.53. The van der Waals surface area contributed by atoms with Crippen LogP contribution in [0.25, 0.3) is 10.1 Å². The van der Waals surface area contributed by atoms with Crippen molar-refractivity contribution in [1.82, 2.24) is 0 Å². The number of rotatable bonds is 3. The molecule has 100 valence electrons. The Kier molecular flexibility index (Phi) is 3.67. The van der Waals surface area contributed by atoms with Gasteiger partial charge in [0.1, 0.15) is 5.78 Å². The van der Waals surface area contributed by atoms with Gasteiger partial charge in [-0.15, -0.1) is 11.3 Å². The molecule has 2 nitrogen and oxygen atoms in total. The summed E-state index contributed by atoms with van der Waals surface area (Å²) >= 11 is 1.72. The van der Waals surface area contributed by atoms with E-state index in [1.165, 1.54) is 22.1 Å². The highest BCUT2D eigenvalue weighted by Crippen LogP contribution is 2.29. The normalized spacial score (nSPS) is 23.6. The van der Waals surface area contributed by atoms with Gasteiger partial charge in [0, 0.05) is 23.1 Å². The molecule has 1 aromatic carbocycles. The number of carbonyl (C=O) groups is 1. The Balaban J connectivity index is 1.79. The first-order valence-corrected chi connectivity index (χ1v) is 7.87. The van der Waals surface area contributed by atoms with Crippen LogP contribution in [0.4, 0.5) is 0 Å². The molecule has 0 bridgehead atoms. The van der Waals surface area contributed by atoms with Crippen molar-refractivity contribution < 1.29 is 4.79 Å². The zero-order chi connectivity index (χ0) is 13.2. The van der Waals surface area contributed by atoms with Gasteiger partial charge in [0.2, 0.25) is 0 Å². The van der Waals surface area contributed by atoms with Crippen LogP contribution in [0.3, 0.4) is 0 Å². The number of hydrogen-bond acceptors (Lipinski definition) is 3. The van der Waals surface area contributed by atoms with Crippen LogP contribution in [-0.2, 0) is 11.2 Å². The Labute approximate surface area is 117 Å². The molecular weight excluding hydrogens is 254 g/mol. The zero-order valence-electron chi connectivity index (χ0n) is 11.0. The van der Waals surface area contributed by atoms with Crippen molar-refractivity contribution in [3.05, 3.63) is 35.2 Å². The van der Waals surface area contributed by atoms with Gasteiger partial charge in [-0.3, -0.25) is 4.79 Å². The average molecular weight is 273 g/mol. The van der Waals surface area contributed by atoms with Gasteiger partial charge >= 0.3 is 0 Å². The van der Waals surface area contributed by atoms with Crippen LogP contribution in [0.1, 0.15) is 31.2 Å². The molecule has 2 unspecified atom stereocenters. The summed E-state index contributed by atoms with van der Waals surface area (Å²) in [6.45, 7) is 0. The van der Waals surface area contributed by atoms with Crippen LogP contribution in [0.15, 0.2) is 29.6 Å². The minimum Gasteiger partial charge on any atom is -0.327 e. The van der Waals surface area contributed by atoms with Crippen molar-refractivity contribution >= 4 is 27.2 Å². The third-order valence-electron chi connectivity index (χ3n) is 4.16. The first-order chi connectivity index (χ1) is 9.25. The van der Waals surface area contributed by atoms with Crippen molar-refractivity contribution in [2.75, 3.05) is 0 Å². The van der Waals surface area contributed by atoms with Crippen LogP contribution < -0.4 is 5.73 Å². The van der Waals surface area contributed by atoms with Crippen molar-refractivity contribution in [3.8, 4) is 0 Å². The van der Waals surface area contributed by atoms with E-state index in [-0.39, 0.29) is 12.0 Å².